The van der Waals surface area contributed by atoms with Crippen molar-refractivity contribution in [1.82, 2.24) is 10.3 Å². The maximum atomic E-state index is 12.2. The van der Waals surface area contributed by atoms with Gasteiger partial charge in [0.25, 0.3) is 5.91 Å². The van der Waals surface area contributed by atoms with E-state index < -0.39 is 5.60 Å². The van der Waals surface area contributed by atoms with E-state index in [1.807, 2.05) is 34.6 Å². The van der Waals surface area contributed by atoms with Gasteiger partial charge in [-0.1, -0.05) is 11.3 Å². The fourth-order valence-corrected chi connectivity index (χ4v) is 2.96. The summed E-state index contributed by atoms with van der Waals surface area (Å²) in [4.78, 5) is 19.1. The summed E-state index contributed by atoms with van der Waals surface area (Å²) in [5, 5.41) is 3.65. The van der Waals surface area contributed by atoms with Crippen LogP contribution in [0.25, 0.3) is 0 Å². The van der Waals surface area contributed by atoms with Crippen LogP contribution >= 0.6 is 11.3 Å². The largest absolute Gasteiger partial charge is 0.382 e. The molecular formula is C14H26N4O2S. The van der Waals surface area contributed by atoms with Crippen LogP contribution in [0.3, 0.4) is 0 Å². The van der Waals surface area contributed by atoms with Gasteiger partial charge in [0.15, 0.2) is 5.13 Å². The molecule has 120 valence electrons. The minimum atomic E-state index is -0.397. The Hall–Kier alpha value is -1.34. The number of nitrogen functional groups attached to an aromatic ring is 1. The number of amides is 1. The fraction of sp³-hybridized carbons (Fsp3) is 0.714. The summed E-state index contributed by atoms with van der Waals surface area (Å²) < 4.78 is 5.56. The Morgan fingerprint density at radius 2 is 2.00 bits per heavy atom. The number of nitrogens with zero attached hydrogens (tertiary/aromatic N) is 2. The van der Waals surface area contributed by atoms with Crippen LogP contribution in [0, 0.1) is 0 Å². The second-order valence-corrected chi connectivity index (χ2v) is 6.24. The SMILES string of the molecule is CCOC(C)(C)CNC(=O)c1sc(N(CC)CC)nc1N. The van der Waals surface area contributed by atoms with Crippen molar-refractivity contribution < 1.29 is 9.53 Å². The van der Waals surface area contributed by atoms with E-state index in [1.165, 1.54) is 11.3 Å². The molecule has 7 heteroatoms. The molecule has 1 aromatic heterocycles. The summed E-state index contributed by atoms with van der Waals surface area (Å²) in [7, 11) is 0. The number of anilines is 2. The number of aromatic nitrogens is 1. The highest BCUT2D eigenvalue weighted by Crippen LogP contribution is 2.27. The quantitative estimate of drug-likeness (QED) is 0.768. The number of hydrogen-bond acceptors (Lipinski definition) is 6. The van der Waals surface area contributed by atoms with Crippen molar-refractivity contribution in [3.8, 4) is 0 Å². The molecule has 1 heterocycles. The maximum absolute atomic E-state index is 12.2. The van der Waals surface area contributed by atoms with Crippen molar-refractivity contribution in [2.24, 2.45) is 0 Å². The summed E-state index contributed by atoms with van der Waals surface area (Å²) in [6.07, 6.45) is 0. The molecule has 0 aliphatic rings. The van der Waals surface area contributed by atoms with Crippen molar-refractivity contribution in [1.29, 1.82) is 0 Å². The third kappa shape index (κ3) is 4.86. The van der Waals surface area contributed by atoms with Crippen molar-refractivity contribution in [2.75, 3.05) is 36.9 Å². The van der Waals surface area contributed by atoms with Crippen LogP contribution in [0.1, 0.15) is 44.3 Å². The highest BCUT2D eigenvalue weighted by molar-refractivity contribution is 7.18. The fourth-order valence-electron chi connectivity index (χ4n) is 1.93. The summed E-state index contributed by atoms with van der Waals surface area (Å²) >= 11 is 1.33. The Morgan fingerprint density at radius 1 is 1.38 bits per heavy atom. The maximum Gasteiger partial charge on any atom is 0.265 e. The topological polar surface area (TPSA) is 80.5 Å². The molecule has 0 saturated carbocycles. The molecule has 21 heavy (non-hydrogen) atoms. The van der Waals surface area contributed by atoms with Crippen molar-refractivity contribution in [3.63, 3.8) is 0 Å². The molecule has 0 bridgehead atoms. The number of hydrogen-bond donors (Lipinski definition) is 2. The van der Waals surface area contributed by atoms with E-state index in [0.29, 0.717) is 18.0 Å². The monoisotopic (exact) mass is 314 g/mol. The number of nitrogens with two attached hydrogens (primary N) is 1. The van der Waals surface area contributed by atoms with Crippen LogP contribution in [0.5, 0.6) is 0 Å². The van der Waals surface area contributed by atoms with Crippen LogP contribution in [-0.4, -0.2) is 42.7 Å². The van der Waals surface area contributed by atoms with E-state index in [0.717, 1.165) is 18.2 Å². The Balaban J connectivity index is 2.75. The molecule has 0 spiro atoms. The van der Waals surface area contributed by atoms with Gasteiger partial charge in [-0.2, -0.15) is 0 Å². The molecule has 0 atom stereocenters. The highest BCUT2D eigenvalue weighted by atomic mass is 32.1. The Labute approximate surface area is 130 Å². The number of ether oxygens (including phenoxy) is 1. The molecule has 0 radical (unpaired) electrons. The summed E-state index contributed by atoms with van der Waals surface area (Å²) in [6.45, 7) is 12.6. The van der Waals surface area contributed by atoms with Gasteiger partial charge in [-0.3, -0.25) is 4.79 Å². The zero-order valence-corrected chi connectivity index (χ0v) is 14.3. The van der Waals surface area contributed by atoms with E-state index >= 15 is 0 Å². The molecule has 0 aromatic carbocycles. The molecule has 1 rings (SSSR count). The summed E-state index contributed by atoms with van der Waals surface area (Å²) in [5.74, 6) is 0.0878. The standard InChI is InChI=1S/C14H26N4O2S/c1-6-18(7-2)13-17-11(15)10(21-13)12(19)16-9-14(4,5)20-8-3/h6-9,15H2,1-5H3,(H,16,19). The third-order valence-electron chi connectivity index (χ3n) is 3.09. The summed E-state index contributed by atoms with van der Waals surface area (Å²) in [5.41, 5.74) is 5.47. The lowest BCUT2D eigenvalue weighted by molar-refractivity contribution is -0.00812. The first-order valence-corrected chi connectivity index (χ1v) is 8.09. The lowest BCUT2D eigenvalue weighted by Crippen LogP contribution is -2.40. The molecule has 0 unspecified atom stereocenters. The molecular weight excluding hydrogens is 288 g/mol. The number of carbonyl (C=O) groups excluding carboxylic acids is 1. The average Bonchev–Trinajstić information content (AvgIpc) is 2.79. The zero-order valence-electron chi connectivity index (χ0n) is 13.5. The van der Waals surface area contributed by atoms with Gasteiger partial charge >= 0.3 is 0 Å². The number of thiazole rings is 1. The van der Waals surface area contributed by atoms with Gasteiger partial charge in [-0.05, 0) is 34.6 Å². The zero-order chi connectivity index (χ0) is 16.0. The first kappa shape index (κ1) is 17.7. The van der Waals surface area contributed by atoms with Crippen LogP contribution in [0.15, 0.2) is 0 Å². The molecule has 0 aliphatic carbocycles. The van der Waals surface area contributed by atoms with E-state index in [4.69, 9.17) is 10.5 Å². The van der Waals surface area contributed by atoms with Crippen molar-refractivity contribution in [2.45, 2.75) is 40.2 Å². The highest BCUT2D eigenvalue weighted by Gasteiger charge is 2.22. The number of rotatable bonds is 8. The molecule has 6 nitrogen and oxygen atoms in total. The normalized spacial score (nSPS) is 11.5. The van der Waals surface area contributed by atoms with E-state index in [9.17, 15) is 4.79 Å². The molecule has 0 aliphatic heterocycles. The minimum absolute atomic E-state index is 0.198. The average molecular weight is 314 g/mol. The van der Waals surface area contributed by atoms with Crippen LogP contribution in [-0.2, 0) is 4.74 Å². The third-order valence-corrected chi connectivity index (χ3v) is 4.22. The van der Waals surface area contributed by atoms with E-state index in [2.05, 4.69) is 15.2 Å². The van der Waals surface area contributed by atoms with E-state index in [-0.39, 0.29) is 11.7 Å². The lowest BCUT2D eigenvalue weighted by atomic mass is 10.1. The number of carbonyl (C=O) groups is 1. The van der Waals surface area contributed by atoms with Crippen molar-refractivity contribution >= 4 is 28.2 Å². The van der Waals surface area contributed by atoms with Crippen LogP contribution < -0.4 is 16.0 Å². The van der Waals surface area contributed by atoms with Gasteiger partial charge in [0, 0.05) is 26.2 Å². The van der Waals surface area contributed by atoms with Gasteiger partial charge in [0.05, 0.1) is 5.60 Å². The van der Waals surface area contributed by atoms with Crippen LogP contribution in [0.4, 0.5) is 10.9 Å². The van der Waals surface area contributed by atoms with Gasteiger partial charge in [-0.25, -0.2) is 4.98 Å². The number of nitrogens with one attached hydrogen (secondary N) is 1. The van der Waals surface area contributed by atoms with E-state index in [1.54, 1.807) is 0 Å². The smallest absolute Gasteiger partial charge is 0.265 e. The van der Waals surface area contributed by atoms with Gasteiger partial charge < -0.3 is 20.7 Å². The minimum Gasteiger partial charge on any atom is -0.382 e. The van der Waals surface area contributed by atoms with Gasteiger partial charge in [0.1, 0.15) is 10.7 Å². The van der Waals surface area contributed by atoms with Crippen LogP contribution in [0.2, 0.25) is 0 Å². The predicted molar refractivity (Wildman–Crippen MR) is 88.1 cm³/mol. The lowest BCUT2D eigenvalue weighted by Gasteiger charge is -2.24. The second-order valence-electron chi connectivity index (χ2n) is 5.26. The summed E-state index contributed by atoms with van der Waals surface area (Å²) in [6, 6.07) is 0. The van der Waals surface area contributed by atoms with Gasteiger partial charge in [-0.15, -0.1) is 0 Å². The Morgan fingerprint density at radius 3 is 2.52 bits per heavy atom. The first-order valence-electron chi connectivity index (χ1n) is 7.28. The van der Waals surface area contributed by atoms with Crippen molar-refractivity contribution in [3.05, 3.63) is 4.88 Å². The molecule has 3 N–H and O–H groups in total. The predicted octanol–water partition coefficient (Wildman–Crippen LogP) is 2.12. The second kappa shape index (κ2) is 7.61. The Kier molecular flexibility index (Phi) is 6.42. The molecule has 0 fully saturated rings. The molecule has 1 aromatic rings. The first-order chi connectivity index (χ1) is 9.84. The Bertz CT molecular complexity index is 470. The van der Waals surface area contributed by atoms with Gasteiger partial charge in [0.2, 0.25) is 0 Å². The molecule has 1 amide bonds. The molecule has 0 saturated heterocycles.